The zero-order chi connectivity index (χ0) is 12.3. The van der Waals surface area contributed by atoms with E-state index in [0.717, 1.165) is 0 Å². The smallest absolute Gasteiger partial charge is 0.244 e. The lowest BCUT2D eigenvalue weighted by molar-refractivity contribution is -0.116. The predicted molar refractivity (Wildman–Crippen MR) is 71.7 cm³/mol. The molecule has 0 aromatic rings. The summed E-state index contributed by atoms with van der Waals surface area (Å²) in [5.41, 5.74) is 0. The molecule has 0 aliphatic heterocycles. The number of hydrogen-bond acceptors (Lipinski definition) is 2. The van der Waals surface area contributed by atoms with Crippen LogP contribution >= 0.6 is 0 Å². The van der Waals surface area contributed by atoms with Crippen LogP contribution in [0.1, 0.15) is 0 Å². The van der Waals surface area contributed by atoms with E-state index in [1.54, 1.807) is 0 Å². The molecule has 1 N–H and O–H groups in total. The Morgan fingerprint density at radius 2 is 1.60 bits per heavy atom. The normalized spacial score (nSPS) is 12.7. The molecule has 0 fully saturated rings. The van der Waals surface area contributed by atoms with Crippen LogP contribution in [0.4, 0.5) is 0 Å². The molecule has 0 rings (SSSR count). The molecule has 0 aromatic carbocycles. The summed E-state index contributed by atoms with van der Waals surface area (Å²) in [6, 6.07) is 0. The van der Waals surface area contributed by atoms with E-state index in [2.05, 4.69) is 55.4 Å². The van der Waals surface area contributed by atoms with Crippen molar-refractivity contribution in [3.8, 4) is 0 Å². The SMILES string of the molecule is C=CC(=O)NCN([Si](C)(C)C)[Si](C)(C)C. The van der Waals surface area contributed by atoms with E-state index < -0.39 is 16.5 Å². The molecule has 0 unspecified atom stereocenters. The van der Waals surface area contributed by atoms with E-state index in [9.17, 15) is 4.79 Å². The second-order valence-corrected chi connectivity index (χ2v) is 15.9. The van der Waals surface area contributed by atoms with Crippen molar-refractivity contribution in [1.29, 1.82) is 0 Å². The molecule has 3 nitrogen and oxygen atoms in total. The first-order chi connectivity index (χ1) is 6.59. The van der Waals surface area contributed by atoms with Gasteiger partial charge >= 0.3 is 0 Å². The lowest BCUT2D eigenvalue weighted by Gasteiger charge is -2.43. The summed E-state index contributed by atoms with van der Waals surface area (Å²) in [4.78, 5) is 11.1. The van der Waals surface area contributed by atoms with E-state index in [1.165, 1.54) is 6.08 Å². The van der Waals surface area contributed by atoms with Crippen molar-refractivity contribution in [2.24, 2.45) is 0 Å². The second kappa shape index (κ2) is 5.09. The summed E-state index contributed by atoms with van der Waals surface area (Å²) >= 11 is 0. The van der Waals surface area contributed by atoms with Gasteiger partial charge in [0.15, 0.2) is 0 Å². The van der Waals surface area contributed by atoms with Crippen molar-refractivity contribution < 1.29 is 4.79 Å². The number of rotatable bonds is 5. The summed E-state index contributed by atoms with van der Waals surface area (Å²) < 4.78 is 2.52. The molecule has 0 bridgehead atoms. The van der Waals surface area contributed by atoms with Gasteiger partial charge in [0, 0.05) is 0 Å². The van der Waals surface area contributed by atoms with Crippen molar-refractivity contribution >= 4 is 22.4 Å². The van der Waals surface area contributed by atoms with Gasteiger partial charge in [-0.15, -0.1) is 0 Å². The van der Waals surface area contributed by atoms with Crippen LogP contribution in [-0.2, 0) is 4.79 Å². The first kappa shape index (κ1) is 14.6. The third-order valence-electron chi connectivity index (χ3n) is 2.22. The highest BCUT2D eigenvalue weighted by Gasteiger charge is 2.34. The standard InChI is InChI=1S/C10H24N2OSi2/c1-8-10(13)11-9-12(14(2,3)4)15(5,6)7/h8H,1,9H2,2-7H3,(H,11,13). The van der Waals surface area contributed by atoms with Gasteiger partial charge < -0.3 is 9.55 Å². The van der Waals surface area contributed by atoms with Crippen LogP contribution in [-0.4, -0.2) is 33.3 Å². The maximum Gasteiger partial charge on any atom is 0.244 e. The molecule has 0 saturated heterocycles. The minimum absolute atomic E-state index is 0.0866. The molecule has 1 amide bonds. The Morgan fingerprint density at radius 1 is 1.20 bits per heavy atom. The van der Waals surface area contributed by atoms with Gasteiger partial charge in [-0.3, -0.25) is 4.79 Å². The molecule has 0 aliphatic rings. The summed E-state index contributed by atoms with van der Waals surface area (Å²) in [6.07, 6.45) is 1.33. The lowest BCUT2D eigenvalue weighted by Crippen LogP contribution is -2.62. The van der Waals surface area contributed by atoms with Crippen LogP contribution in [0.5, 0.6) is 0 Å². The molecule has 0 atom stereocenters. The number of carbonyl (C=O) groups is 1. The van der Waals surface area contributed by atoms with E-state index in [4.69, 9.17) is 0 Å². The molecule has 0 saturated carbocycles. The predicted octanol–water partition coefficient (Wildman–Crippen LogP) is 2.22. The molecule has 5 heteroatoms. The zero-order valence-corrected chi connectivity index (χ0v) is 12.8. The van der Waals surface area contributed by atoms with Crippen LogP contribution in [0.25, 0.3) is 0 Å². The summed E-state index contributed by atoms with van der Waals surface area (Å²) in [7, 11) is -2.71. The van der Waals surface area contributed by atoms with Crippen molar-refractivity contribution in [3.63, 3.8) is 0 Å². The maximum absolute atomic E-state index is 11.1. The third-order valence-corrected chi connectivity index (χ3v) is 9.80. The molecule has 88 valence electrons. The van der Waals surface area contributed by atoms with Crippen molar-refractivity contribution in [2.75, 3.05) is 6.67 Å². The molecule has 0 aromatic heterocycles. The van der Waals surface area contributed by atoms with Gasteiger partial charge in [0.25, 0.3) is 0 Å². The first-order valence-electron chi connectivity index (χ1n) is 5.27. The summed E-state index contributed by atoms with van der Waals surface area (Å²) in [5, 5.41) is 2.88. The Morgan fingerprint density at radius 3 is 1.87 bits per heavy atom. The fourth-order valence-corrected chi connectivity index (χ4v) is 10.9. The number of hydrogen-bond donors (Lipinski definition) is 1. The van der Waals surface area contributed by atoms with Gasteiger partial charge in [0.2, 0.25) is 5.91 Å². The average Bonchev–Trinajstić information content (AvgIpc) is 1.99. The molecule has 15 heavy (non-hydrogen) atoms. The van der Waals surface area contributed by atoms with Gasteiger partial charge in [-0.2, -0.15) is 0 Å². The third kappa shape index (κ3) is 5.29. The minimum Gasteiger partial charge on any atom is -0.341 e. The number of amides is 1. The van der Waals surface area contributed by atoms with E-state index in [0.29, 0.717) is 6.67 Å². The minimum atomic E-state index is -1.36. The maximum atomic E-state index is 11.1. The average molecular weight is 244 g/mol. The Bertz CT molecular complexity index is 227. The van der Waals surface area contributed by atoms with Gasteiger partial charge in [-0.05, 0) is 6.08 Å². The van der Waals surface area contributed by atoms with Crippen LogP contribution < -0.4 is 5.32 Å². The van der Waals surface area contributed by atoms with Crippen LogP contribution in [0.2, 0.25) is 39.3 Å². The molecule has 0 aliphatic carbocycles. The topological polar surface area (TPSA) is 32.3 Å². The number of nitrogens with zero attached hydrogens (tertiary/aromatic N) is 1. The Hall–Kier alpha value is -0.396. The Balaban J connectivity index is 4.55. The quantitative estimate of drug-likeness (QED) is 0.457. The second-order valence-electron chi connectivity index (χ2n) is 5.67. The zero-order valence-electron chi connectivity index (χ0n) is 10.8. The fourth-order valence-electron chi connectivity index (χ4n) is 1.71. The lowest BCUT2D eigenvalue weighted by atomic mass is 10.6. The molecule has 0 spiro atoms. The monoisotopic (exact) mass is 244 g/mol. The molecular weight excluding hydrogens is 220 g/mol. The summed E-state index contributed by atoms with van der Waals surface area (Å²) in [5.74, 6) is -0.0866. The summed E-state index contributed by atoms with van der Waals surface area (Å²) in [6.45, 7) is 18.0. The first-order valence-corrected chi connectivity index (χ1v) is 12.2. The number of carbonyl (C=O) groups excluding carboxylic acids is 1. The highest BCUT2D eigenvalue weighted by molar-refractivity contribution is 6.89. The highest BCUT2D eigenvalue weighted by Crippen LogP contribution is 2.18. The van der Waals surface area contributed by atoms with E-state index in [-0.39, 0.29) is 5.91 Å². The fraction of sp³-hybridized carbons (Fsp3) is 0.700. The molecular formula is C10H24N2OSi2. The van der Waals surface area contributed by atoms with Gasteiger partial charge in [0.05, 0.1) is 6.67 Å². The van der Waals surface area contributed by atoms with Crippen molar-refractivity contribution in [1.82, 2.24) is 9.55 Å². The number of nitrogens with one attached hydrogen (secondary N) is 1. The van der Waals surface area contributed by atoms with Crippen LogP contribution in [0.3, 0.4) is 0 Å². The Kier molecular flexibility index (Phi) is 4.96. The highest BCUT2D eigenvalue weighted by atomic mass is 28.4. The largest absolute Gasteiger partial charge is 0.341 e. The van der Waals surface area contributed by atoms with E-state index in [1.807, 2.05) is 0 Å². The van der Waals surface area contributed by atoms with Crippen molar-refractivity contribution in [3.05, 3.63) is 12.7 Å². The van der Waals surface area contributed by atoms with Gasteiger partial charge in [-0.1, -0.05) is 45.9 Å². The van der Waals surface area contributed by atoms with Crippen LogP contribution in [0, 0.1) is 0 Å². The van der Waals surface area contributed by atoms with Gasteiger partial charge in [-0.25, -0.2) is 0 Å². The Labute approximate surface area is 95.7 Å². The van der Waals surface area contributed by atoms with Crippen molar-refractivity contribution in [2.45, 2.75) is 39.3 Å². The van der Waals surface area contributed by atoms with Gasteiger partial charge in [0.1, 0.15) is 16.5 Å². The molecule has 0 heterocycles. The van der Waals surface area contributed by atoms with Crippen LogP contribution in [0.15, 0.2) is 12.7 Å². The molecule has 0 radical (unpaired) electrons. The van der Waals surface area contributed by atoms with E-state index >= 15 is 0 Å².